The van der Waals surface area contributed by atoms with E-state index in [0.717, 1.165) is 11.3 Å². The maximum absolute atomic E-state index is 12.4. The van der Waals surface area contributed by atoms with Crippen LogP contribution in [0.1, 0.15) is 15.9 Å². The standard InChI is InChI=1S/C18H22N4O3.2ClH/c1-22(18(24)14-7-9-20-10-8-14)15-5-3-13(4-6-15)11-21-17(23)16(19)12-25-2;;/h3-10,16H,11-12,19H2,1-2H3,(H,21,23);2*1H. The summed E-state index contributed by atoms with van der Waals surface area (Å²) < 4.78 is 4.85. The molecule has 0 fully saturated rings. The topological polar surface area (TPSA) is 97.5 Å². The molecule has 2 rings (SSSR count). The van der Waals surface area contributed by atoms with Gasteiger partial charge in [0.25, 0.3) is 5.91 Å². The van der Waals surface area contributed by atoms with Crippen LogP contribution in [0.2, 0.25) is 0 Å². The second kappa shape index (κ2) is 12.2. The quantitative estimate of drug-likeness (QED) is 0.719. The lowest BCUT2D eigenvalue weighted by molar-refractivity contribution is -0.123. The number of hydrogen-bond acceptors (Lipinski definition) is 5. The van der Waals surface area contributed by atoms with Gasteiger partial charge >= 0.3 is 0 Å². The molecule has 148 valence electrons. The third-order valence-corrected chi connectivity index (χ3v) is 3.71. The van der Waals surface area contributed by atoms with Crippen LogP contribution in [0, 0.1) is 0 Å². The summed E-state index contributed by atoms with van der Waals surface area (Å²) in [5.41, 5.74) is 7.90. The summed E-state index contributed by atoms with van der Waals surface area (Å²) in [6.45, 7) is 0.533. The number of nitrogens with one attached hydrogen (secondary N) is 1. The average Bonchev–Trinajstić information content (AvgIpc) is 2.66. The number of methoxy groups -OCH3 is 1. The maximum atomic E-state index is 12.4. The fourth-order valence-electron chi connectivity index (χ4n) is 2.22. The summed E-state index contributed by atoms with van der Waals surface area (Å²) in [6.07, 6.45) is 3.17. The minimum Gasteiger partial charge on any atom is -0.383 e. The average molecular weight is 415 g/mol. The van der Waals surface area contributed by atoms with Crippen molar-refractivity contribution in [1.29, 1.82) is 0 Å². The molecule has 0 saturated heterocycles. The highest BCUT2D eigenvalue weighted by atomic mass is 35.5. The lowest BCUT2D eigenvalue weighted by Gasteiger charge is -2.18. The van der Waals surface area contributed by atoms with Gasteiger partial charge < -0.3 is 20.7 Å². The van der Waals surface area contributed by atoms with E-state index in [1.54, 1.807) is 36.5 Å². The van der Waals surface area contributed by atoms with Crippen molar-refractivity contribution in [3.63, 3.8) is 0 Å². The van der Waals surface area contributed by atoms with E-state index in [1.807, 2.05) is 24.3 Å². The van der Waals surface area contributed by atoms with Crippen LogP contribution in [0.15, 0.2) is 48.8 Å². The first-order valence-corrected chi connectivity index (χ1v) is 7.82. The number of benzene rings is 1. The van der Waals surface area contributed by atoms with Crippen LogP contribution in [0.5, 0.6) is 0 Å². The van der Waals surface area contributed by atoms with Crippen molar-refractivity contribution < 1.29 is 14.3 Å². The highest BCUT2D eigenvalue weighted by Gasteiger charge is 2.14. The van der Waals surface area contributed by atoms with Crippen molar-refractivity contribution in [3.8, 4) is 0 Å². The Bertz CT molecular complexity index is 714. The highest BCUT2D eigenvalue weighted by Crippen LogP contribution is 2.16. The molecule has 9 heteroatoms. The largest absolute Gasteiger partial charge is 0.383 e. The fourth-order valence-corrected chi connectivity index (χ4v) is 2.22. The number of aromatic nitrogens is 1. The zero-order valence-electron chi connectivity index (χ0n) is 15.1. The summed E-state index contributed by atoms with van der Waals surface area (Å²) in [6, 6.07) is 10.0. The molecule has 1 atom stereocenters. The van der Waals surface area contributed by atoms with Crippen LogP contribution in [0.25, 0.3) is 0 Å². The molecule has 2 aromatic rings. The van der Waals surface area contributed by atoms with Gasteiger partial charge in [-0.15, -0.1) is 24.8 Å². The predicted octanol–water partition coefficient (Wildman–Crippen LogP) is 1.79. The van der Waals surface area contributed by atoms with E-state index >= 15 is 0 Å². The first kappa shape index (κ1) is 24.8. The molecule has 0 aliphatic rings. The number of halogens is 2. The Morgan fingerprint density at radius 3 is 2.30 bits per heavy atom. The van der Waals surface area contributed by atoms with Gasteiger partial charge in [-0.1, -0.05) is 12.1 Å². The van der Waals surface area contributed by atoms with Crippen LogP contribution >= 0.6 is 24.8 Å². The molecule has 0 aliphatic carbocycles. The van der Waals surface area contributed by atoms with E-state index in [0.29, 0.717) is 12.1 Å². The van der Waals surface area contributed by atoms with E-state index in [4.69, 9.17) is 10.5 Å². The zero-order chi connectivity index (χ0) is 18.2. The van der Waals surface area contributed by atoms with Crippen molar-refractivity contribution in [3.05, 3.63) is 59.9 Å². The van der Waals surface area contributed by atoms with E-state index < -0.39 is 6.04 Å². The number of nitrogens with zero attached hydrogens (tertiary/aromatic N) is 2. The minimum absolute atomic E-state index is 0. The fraction of sp³-hybridized carbons (Fsp3) is 0.278. The summed E-state index contributed by atoms with van der Waals surface area (Å²) >= 11 is 0. The molecule has 0 radical (unpaired) electrons. The number of ether oxygens (including phenoxy) is 1. The van der Waals surface area contributed by atoms with Crippen molar-refractivity contribution in [2.75, 3.05) is 25.7 Å². The lowest BCUT2D eigenvalue weighted by Crippen LogP contribution is -2.43. The first-order chi connectivity index (χ1) is 12.0. The van der Waals surface area contributed by atoms with Crippen molar-refractivity contribution in [2.24, 2.45) is 5.73 Å². The Labute approximate surface area is 171 Å². The van der Waals surface area contributed by atoms with Crippen LogP contribution in [-0.4, -0.2) is 43.6 Å². The second-order valence-electron chi connectivity index (χ2n) is 5.55. The molecule has 1 heterocycles. The monoisotopic (exact) mass is 414 g/mol. The summed E-state index contributed by atoms with van der Waals surface area (Å²) in [5.74, 6) is -0.384. The van der Waals surface area contributed by atoms with Crippen LogP contribution in [-0.2, 0) is 16.1 Å². The van der Waals surface area contributed by atoms with E-state index in [9.17, 15) is 9.59 Å². The molecule has 1 aromatic heterocycles. The molecular weight excluding hydrogens is 391 g/mol. The Hall–Kier alpha value is -2.19. The molecule has 7 nitrogen and oxygen atoms in total. The zero-order valence-corrected chi connectivity index (χ0v) is 16.8. The smallest absolute Gasteiger partial charge is 0.258 e. The molecular formula is C18H24Cl2N4O3. The lowest BCUT2D eigenvalue weighted by atomic mass is 10.1. The maximum Gasteiger partial charge on any atom is 0.258 e. The minimum atomic E-state index is -0.687. The molecule has 1 aromatic carbocycles. The summed E-state index contributed by atoms with van der Waals surface area (Å²) in [7, 11) is 3.21. The Kier molecular flexibility index (Phi) is 11.2. The normalized spacial score (nSPS) is 10.8. The number of hydrogen-bond donors (Lipinski definition) is 2. The second-order valence-corrected chi connectivity index (χ2v) is 5.55. The SMILES string of the molecule is COCC(N)C(=O)NCc1ccc(N(C)C(=O)c2ccncc2)cc1.Cl.Cl. The van der Waals surface area contributed by atoms with Gasteiger partial charge in [-0.2, -0.15) is 0 Å². The van der Waals surface area contributed by atoms with Gasteiger partial charge in [-0.3, -0.25) is 14.6 Å². The predicted molar refractivity (Wildman–Crippen MR) is 110 cm³/mol. The van der Waals surface area contributed by atoms with Gasteiger partial charge in [0.05, 0.1) is 6.61 Å². The van der Waals surface area contributed by atoms with Gasteiger partial charge in [0.1, 0.15) is 6.04 Å². The van der Waals surface area contributed by atoms with Crippen LogP contribution < -0.4 is 16.0 Å². The summed E-state index contributed by atoms with van der Waals surface area (Å²) in [4.78, 5) is 29.6. The third-order valence-electron chi connectivity index (χ3n) is 3.71. The van der Waals surface area contributed by atoms with Crippen LogP contribution in [0.4, 0.5) is 5.69 Å². The molecule has 0 saturated carbocycles. The molecule has 2 amide bonds. The number of rotatable bonds is 7. The highest BCUT2D eigenvalue weighted by molar-refractivity contribution is 6.05. The summed E-state index contributed by atoms with van der Waals surface area (Å²) in [5, 5.41) is 2.75. The van der Waals surface area contributed by atoms with Crippen molar-refractivity contribution in [1.82, 2.24) is 10.3 Å². The number of amides is 2. The number of carbonyl (C=O) groups excluding carboxylic acids is 2. The number of pyridine rings is 1. The number of carbonyl (C=O) groups is 2. The van der Waals surface area contributed by atoms with Gasteiger partial charge in [-0.05, 0) is 29.8 Å². The molecule has 0 aliphatic heterocycles. The van der Waals surface area contributed by atoms with Crippen molar-refractivity contribution in [2.45, 2.75) is 12.6 Å². The van der Waals surface area contributed by atoms with E-state index in [1.165, 1.54) is 7.11 Å². The van der Waals surface area contributed by atoms with E-state index in [2.05, 4.69) is 10.3 Å². The Balaban J connectivity index is 0.00000338. The van der Waals surface area contributed by atoms with Gasteiger partial charge in [0.2, 0.25) is 5.91 Å². The first-order valence-electron chi connectivity index (χ1n) is 7.82. The van der Waals surface area contributed by atoms with Gasteiger partial charge in [0, 0.05) is 44.3 Å². The molecule has 27 heavy (non-hydrogen) atoms. The van der Waals surface area contributed by atoms with E-state index in [-0.39, 0.29) is 43.2 Å². The van der Waals surface area contributed by atoms with Gasteiger partial charge in [-0.25, -0.2) is 0 Å². The molecule has 0 bridgehead atoms. The van der Waals surface area contributed by atoms with Crippen LogP contribution in [0.3, 0.4) is 0 Å². The number of nitrogens with two attached hydrogens (primary N) is 1. The number of anilines is 1. The van der Waals surface area contributed by atoms with Gasteiger partial charge in [0.15, 0.2) is 0 Å². The molecule has 0 spiro atoms. The van der Waals surface area contributed by atoms with Crippen molar-refractivity contribution >= 4 is 42.3 Å². The molecule has 3 N–H and O–H groups in total. The molecule has 1 unspecified atom stereocenters. The Morgan fingerprint density at radius 1 is 1.15 bits per heavy atom. The third kappa shape index (κ3) is 7.15. The Morgan fingerprint density at radius 2 is 1.74 bits per heavy atom.